The summed E-state index contributed by atoms with van der Waals surface area (Å²) in [6, 6.07) is 12.1. The summed E-state index contributed by atoms with van der Waals surface area (Å²) in [6.07, 6.45) is 1.67. The van der Waals surface area contributed by atoms with E-state index in [9.17, 15) is 0 Å². The van der Waals surface area contributed by atoms with Gasteiger partial charge >= 0.3 is 0 Å². The van der Waals surface area contributed by atoms with Crippen molar-refractivity contribution in [3.63, 3.8) is 0 Å². The monoisotopic (exact) mass is 307 g/mol. The summed E-state index contributed by atoms with van der Waals surface area (Å²) in [6.45, 7) is 4.27. The SMILES string of the molecule is Cc1cccc(C)c1CC(N)Cc1ccc(Cl)c(Cl)c1. The molecule has 0 saturated heterocycles. The lowest BCUT2D eigenvalue weighted by atomic mass is 9.94. The van der Waals surface area contributed by atoms with Crippen molar-refractivity contribution >= 4 is 23.2 Å². The van der Waals surface area contributed by atoms with Gasteiger partial charge in [0.05, 0.1) is 10.0 Å². The summed E-state index contributed by atoms with van der Waals surface area (Å²) in [4.78, 5) is 0. The zero-order valence-corrected chi connectivity index (χ0v) is 13.3. The molecule has 20 heavy (non-hydrogen) atoms. The molecule has 2 N–H and O–H groups in total. The number of rotatable bonds is 4. The Morgan fingerprint density at radius 2 is 1.60 bits per heavy atom. The van der Waals surface area contributed by atoms with E-state index in [4.69, 9.17) is 28.9 Å². The third kappa shape index (κ3) is 3.76. The average molecular weight is 308 g/mol. The zero-order valence-electron chi connectivity index (χ0n) is 11.8. The summed E-state index contributed by atoms with van der Waals surface area (Å²) < 4.78 is 0. The topological polar surface area (TPSA) is 26.0 Å². The molecule has 0 aliphatic heterocycles. The van der Waals surface area contributed by atoms with Crippen molar-refractivity contribution in [3.8, 4) is 0 Å². The first kappa shape index (κ1) is 15.4. The molecule has 2 rings (SSSR count). The van der Waals surface area contributed by atoms with Crippen molar-refractivity contribution in [2.75, 3.05) is 0 Å². The van der Waals surface area contributed by atoms with E-state index >= 15 is 0 Å². The molecule has 0 fully saturated rings. The second-order valence-corrected chi connectivity index (χ2v) is 6.10. The second-order valence-electron chi connectivity index (χ2n) is 5.29. The molecule has 0 bridgehead atoms. The van der Waals surface area contributed by atoms with Gasteiger partial charge in [0.15, 0.2) is 0 Å². The predicted molar refractivity (Wildman–Crippen MR) is 87.8 cm³/mol. The fourth-order valence-corrected chi connectivity index (χ4v) is 2.80. The fourth-order valence-electron chi connectivity index (χ4n) is 2.47. The lowest BCUT2D eigenvalue weighted by Gasteiger charge is -2.16. The zero-order chi connectivity index (χ0) is 14.7. The molecule has 1 nitrogen and oxygen atoms in total. The Morgan fingerprint density at radius 3 is 2.20 bits per heavy atom. The molecule has 0 heterocycles. The van der Waals surface area contributed by atoms with E-state index in [0.717, 1.165) is 18.4 Å². The summed E-state index contributed by atoms with van der Waals surface area (Å²) >= 11 is 12.0. The van der Waals surface area contributed by atoms with E-state index in [0.29, 0.717) is 10.0 Å². The second kappa shape index (κ2) is 6.62. The lowest BCUT2D eigenvalue weighted by molar-refractivity contribution is 0.660. The number of halogens is 2. The molecular weight excluding hydrogens is 289 g/mol. The Labute approximate surface area is 130 Å². The Balaban J connectivity index is 2.09. The van der Waals surface area contributed by atoms with Gasteiger partial charge in [-0.05, 0) is 61.1 Å². The Morgan fingerprint density at radius 1 is 0.950 bits per heavy atom. The van der Waals surface area contributed by atoms with Crippen molar-refractivity contribution in [2.24, 2.45) is 5.73 Å². The Hall–Kier alpha value is -1.02. The van der Waals surface area contributed by atoms with E-state index in [2.05, 4.69) is 32.0 Å². The van der Waals surface area contributed by atoms with Crippen molar-refractivity contribution in [3.05, 3.63) is 68.7 Å². The molecule has 3 heteroatoms. The third-order valence-corrected chi connectivity index (χ3v) is 4.33. The van der Waals surface area contributed by atoms with Crippen molar-refractivity contribution in [2.45, 2.75) is 32.7 Å². The quantitative estimate of drug-likeness (QED) is 0.868. The minimum Gasteiger partial charge on any atom is -0.327 e. The lowest BCUT2D eigenvalue weighted by Crippen LogP contribution is -2.26. The van der Waals surface area contributed by atoms with Crippen LogP contribution in [0.25, 0.3) is 0 Å². The van der Waals surface area contributed by atoms with Gasteiger partial charge in [-0.1, -0.05) is 47.5 Å². The fraction of sp³-hybridized carbons (Fsp3) is 0.294. The number of benzene rings is 2. The van der Waals surface area contributed by atoms with E-state index in [1.807, 2.05) is 18.2 Å². The number of hydrogen-bond donors (Lipinski definition) is 1. The van der Waals surface area contributed by atoms with Gasteiger partial charge in [0.2, 0.25) is 0 Å². The van der Waals surface area contributed by atoms with Crippen LogP contribution < -0.4 is 5.73 Å². The Kier molecular flexibility index (Phi) is 5.09. The molecule has 0 spiro atoms. The molecule has 0 aliphatic carbocycles. The first-order valence-electron chi connectivity index (χ1n) is 6.72. The number of nitrogens with two attached hydrogens (primary N) is 1. The first-order valence-corrected chi connectivity index (χ1v) is 7.47. The minimum atomic E-state index is 0.0760. The van der Waals surface area contributed by atoms with E-state index in [1.54, 1.807) is 0 Å². The van der Waals surface area contributed by atoms with Gasteiger partial charge < -0.3 is 5.73 Å². The molecular formula is C17H19Cl2N. The maximum Gasteiger partial charge on any atom is 0.0595 e. The smallest absolute Gasteiger partial charge is 0.0595 e. The highest BCUT2D eigenvalue weighted by atomic mass is 35.5. The molecule has 0 radical (unpaired) electrons. The van der Waals surface area contributed by atoms with Crippen LogP contribution in [0.5, 0.6) is 0 Å². The molecule has 1 atom stereocenters. The normalized spacial score (nSPS) is 12.4. The number of aryl methyl sites for hydroxylation is 2. The van der Waals surface area contributed by atoms with Gasteiger partial charge in [-0.25, -0.2) is 0 Å². The van der Waals surface area contributed by atoms with Crippen LogP contribution in [0.15, 0.2) is 36.4 Å². The van der Waals surface area contributed by atoms with Crippen LogP contribution in [0.4, 0.5) is 0 Å². The van der Waals surface area contributed by atoms with Crippen LogP contribution in [-0.2, 0) is 12.8 Å². The first-order chi connectivity index (χ1) is 9.47. The summed E-state index contributed by atoms with van der Waals surface area (Å²) in [7, 11) is 0. The Bertz CT molecular complexity index is 588. The largest absolute Gasteiger partial charge is 0.327 e. The van der Waals surface area contributed by atoms with Crippen LogP contribution in [0.2, 0.25) is 10.0 Å². The maximum absolute atomic E-state index is 6.29. The van der Waals surface area contributed by atoms with E-state index in [1.165, 1.54) is 16.7 Å². The molecule has 1 unspecified atom stereocenters. The molecule has 2 aromatic rings. The summed E-state index contributed by atoms with van der Waals surface area (Å²) in [5.74, 6) is 0. The summed E-state index contributed by atoms with van der Waals surface area (Å²) in [5, 5.41) is 1.17. The molecule has 0 amide bonds. The van der Waals surface area contributed by atoms with Gasteiger partial charge in [0, 0.05) is 6.04 Å². The molecule has 0 saturated carbocycles. The van der Waals surface area contributed by atoms with Crippen LogP contribution in [-0.4, -0.2) is 6.04 Å². The molecule has 2 aromatic carbocycles. The third-order valence-electron chi connectivity index (χ3n) is 3.59. The minimum absolute atomic E-state index is 0.0760. The highest BCUT2D eigenvalue weighted by Crippen LogP contribution is 2.23. The van der Waals surface area contributed by atoms with Crippen molar-refractivity contribution in [1.82, 2.24) is 0 Å². The predicted octanol–water partition coefficient (Wildman–Crippen LogP) is 4.72. The van der Waals surface area contributed by atoms with Gasteiger partial charge in [-0.3, -0.25) is 0 Å². The highest BCUT2D eigenvalue weighted by Gasteiger charge is 2.10. The summed E-state index contributed by atoms with van der Waals surface area (Å²) in [5.41, 5.74) is 11.4. The van der Waals surface area contributed by atoms with Crippen molar-refractivity contribution < 1.29 is 0 Å². The highest BCUT2D eigenvalue weighted by molar-refractivity contribution is 6.42. The average Bonchev–Trinajstić information content (AvgIpc) is 2.38. The van der Waals surface area contributed by atoms with Crippen molar-refractivity contribution in [1.29, 1.82) is 0 Å². The molecule has 0 aromatic heterocycles. The van der Waals surface area contributed by atoms with E-state index < -0.39 is 0 Å². The van der Waals surface area contributed by atoms with Crippen LogP contribution >= 0.6 is 23.2 Å². The van der Waals surface area contributed by atoms with E-state index in [-0.39, 0.29) is 6.04 Å². The van der Waals surface area contributed by atoms with Crippen LogP contribution in [0.1, 0.15) is 22.3 Å². The van der Waals surface area contributed by atoms with Crippen LogP contribution in [0.3, 0.4) is 0 Å². The molecule has 106 valence electrons. The maximum atomic E-state index is 6.29. The van der Waals surface area contributed by atoms with Gasteiger partial charge in [0.25, 0.3) is 0 Å². The van der Waals surface area contributed by atoms with Gasteiger partial charge in [0.1, 0.15) is 0 Å². The molecule has 0 aliphatic rings. The van der Waals surface area contributed by atoms with Gasteiger partial charge in [-0.15, -0.1) is 0 Å². The van der Waals surface area contributed by atoms with Crippen LogP contribution in [0, 0.1) is 13.8 Å². The standard InChI is InChI=1S/C17H19Cl2N/c1-11-4-3-5-12(2)15(11)10-14(20)8-13-6-7-16(18)17(19)9-13/h3-7,9,14H,8,10,20H2,1-2H3. The van der Waals surface area contributed by atoms with Gasteiger partial charge in [-0.2, -0.15) is 0 Å². The number of hydrogen-bond acceptors (Lipinski definition) is 1.